The Kier molecular flexibility index (Phi) is 3.90. The highest BCUT2D eigenvalue weighted by molar-refractivity contribution is 5.49. The van der Waals surface area contributed by atoms with Gasteiger partial charge in [0.1, 0.15) is 11.4 Å². The predicted molar refractivity (Wildman–Crippen MR) is 76.8 cm³/mol. The lowest BCUT2D eigenvalue weighted by Gasteiger charge is -2.14. The molecule has 1 heterocycles. The molecule has 4 nitrogen and oxygen atoms in total. The third kappa shape index (κ3) is 2.63. The molecule has 2 N–H and O–H groups in total. The topological polar surface area (TPSA) is 53.1 Å². The molecule has 0 aliphatic carbocycles. The lowest BCUT2D eigenvalue weighted by molar-refractivity contribution is 0.411. The van der Waals surface area contributed by atoms with Gasteiger partial charge < -0.3 is 10.5 Å². The van der Waals surface area contributed by atoms with Gasteiger partial charge in [-0.15, -0.1) is 0 Å². The molecule has 19 heavy (non-hydrogen) atoms. The zero-order valence-corrected chi connectivity index (χ0v) is 12.0. The molecule has 0 aliphatic rings. The van der Waals surface area contributed by atoms with Crippen LogP contribution in [0.3, 0.4) is 0 Å². The van der Waals surface area contributed by atoms with Crippen LogP contribution in [0.25, 0.3) is 5.69 Å². The number of nitrogens with two attached hydrogens (primary N) is 1. The molecule has 0 spiro atoms. The van der Waals surface area contributed by atoms with Crippen molar-refractivity contribution in [3.63, 3.8) is 0 Å². The van der Waals surface area contributed by atoms with E-state index in [1.54, 1.807) is 7.11 Å². The molecule has 0 bridgehead atoms. The molecule has 102 valence electrons. The summed E-state index contributed by atoms with van der Waals surface area (Å²) in [6.45, 7) is 6.80. The van der Waals surface area contributed by atoms with E-state index >= 15 is 0 Å². The van der Waals surface area contributed by atoms with Crippen LogP contribution in [-0.4, -0.2) is 16.9 Å². The average Bonchev–Trinajstić information content (AvgIpc) is 2.83. The first kappa shape index (κ1) is 13.6. The van der Waals surface area contributed by atoms with Crippen molar-refractivity contribution in [2.75, 3.05) is 7.11 Å². The van der Waals surface area contributed by atoms with E-state index < -0.39 is 0 Å². The molecule has 0 fully saturated rings. The molecule has 0 aliphatic heterocycles. The summed E-state index contributed by atoms with van der Waals surface area (Å²) in [5, 5.41) is 4.58. The van der Waals surface area contributed by atoms with E-state index in [4.69, 9.17) is 10.5 Å². The van der Waals surface area contributed by atoms with Gasteiger partial charge in [-0.2, -0.15) is 5.10 Å². The fourth-order valence-electron chi connectivity index (χ4n) is 2.12. The van der Waals surface area contributed by atoms with Gasteiger partial charge in [-0.05, 0) is 36.6 Å². The number of ether oxygens (including phenoxy) is 1. The maximum Gasteiger partial charge on any atom is 0.144 e. The number of hydrogen-bond acceptors (Lipinski definition) is 3. The van der Waals surface area contributed by atoms with E-state index in [-0.39, 0.29) is 0 Å². The Bertz CT molecular complexity index is 573. The van der Waals surface area contributed by atoms with Gasteiger partial charge in [0.05, 0.1) is 12.8 Å². The second-order valence-corrected chi connectivity index (χ2v) is 5.01. The van der Waals surface area contributed by atoms with Crippen LogP contribution in [0.5, 0.6) is 5.75 Å². The summed E-state index contributed by atoms with van der Waals surface area (Å²) in [5.74, 6) is 1.19. The Hall–Kier alpha value is -1.81. The Morgan fingerprint density at radius 1 is 1.32 bits per heavy atom. The predicted octanol–water partition coefficient (Wildman–Crippen LogP) is 2.77. The largest absolute Gasteiger partial charge is 0.494 e. The van der Waals surface area contributed by atoms with E-state index in [0.29, 0.717) is 12.5 Å². The number of rotatable bonds is 4. The second-order valence-electron chi connectivity index (χ2n) is 5.01. The highest BCUT2D eigenvalue weighted by atomic mass is 16.5. The number of hydrogen-bond donors (Lipinski definition) is 1. The molecule has 1 aromatic heterocycles. The van der Waals surface area contributed by atoms with Crippen molar-refractivity contribution >= 4 is 0 Å². The number of aryl methyl sites for hydroxylation is 1. The molecule has 0 amide bonds. The van der Waals surface area contributed by atoms with Crippen LogP contribution >= 0.6 is 0 Å². The fourth-order valence-corrected chi connectivity index (χ4v) is 2.12. The van der Waals surface area contributed by atoms with Crippen LogP contribution in [-0.2, 0) is 6.54 Å². The van der Waals surface area contributed by atoms with Crippen molar-refractivity contribution in [3.8, 4) is 11.4 Å². The highest BCUT2D eigenvalue weighted by Crippen LogP contribution is 2.28. The van der Waals surface area contributed by atoms with Crippen molar-refractivity contribution in [1.82, 2.24) is 9.78 Å². The van der Waals surface area contributed by atoms with E-state index in [1.165, 1.54) is 5.56 Å². The first-order valence-electron chi connectivity index (χ1n) is 6.50. The zero-order valence-electron chi connectivity index (χ0n) is 12.0. The van der Waals surface area contributed by atoms with Crippen LogP contribution in [0, 0.1) is 6.92 Å². The van der Waals surface area contributed by atoms with Crippen molar-refractivity contribution < 1.29 is 4.74 Å². The SMILES string of the molecule is COc1ccc(C)cc1-n1nc(CN)cc1C(C)C. The average molecular weight is 259 g/mol. The lowest BCUT2D eigenvalue weighted by atomic mass is 10.1. The van der Waals surface area contributed by atoms with E-state index in [9.17, 15) is 0 Å². The van der Waals surface area contributed by atoms with Crippen molar-refractivity contribution in [2.24, 2.45) is 5.73 Å². The third-order valence-corrected chi connectivity index (χ3v) is 3.15. The molecule has 2 rings (SSSR count). The van der Waals surface area contributed by atoms with Crippen LogP contribution in [0.2, 0.25) is 0 Å². The third-order valence-electron chi connectivity index (χ3n) is 3.15. The summed E-state index contributed by atoms with van der Waals surface area (Å²) >= 11 is 0. The van der Waals surface area contributed by atoms with Crippen molar-refractivity contribution in [2.45, 2.75) is 33.2 Å². The molecular formula is C15H21N3O. The summed E-state index contributed by atoms with van der Waals surface area (Å²) in [7, 11) is 1.68. The van der Waals surface area contributed by atoms with Gasteiger partial charge in [0.15, 0.2) is 0 Å². The first-order chi connectivity index (χ1) is 9.06. The summed E-state index contributed by atoms with van der Waals surface area (Å²) in [6, 6.07) is 8.15. The molecule has 4 heteroatoms. The Morgan fingerprint density at radius 3 is 2.63 bits per heavy atom. The Morgan fingerprint density at radius 2 is 2.05 bits per heavy atom. The smallest absolute Gasteiger partial charge is 0.144 e. The molecule has 0 saturated heterocycles. The maximum absolute atomic E-state index is 5.70. The van der Waals surface area contributed by atoms with E-state index in [0.717, 1.165) is 22.8 Å². The standard InChI is InChI=1S/C15H21N3O/c1-10(2)13-8-12(9-16)17-18(13)14-7-11(3)5-6-15(14)19-4/h5-8,10H,9,16H2,1-4H3. The van der Waals surface area contributed by atoms with Crippen LogP contribution in [0.4, 0.5) is 0 Å². The van der Waals surface area contributed by atoms with Gasteiger partial charge in [-0.25, -0.2) is 4.68 Å². The van der Waals surface area contributed by atoms with Gasteiger partial charge in [0, 0.05) is 12.2 Å². The highest BCUT2D eigenvalue weighted by Gasteiger charge is 2.15. The molecular weight excluding hydrogens is 238 g/mol. The summed E-state index contributed by atoms with van der Waals surface area (Å²) in [6.07, 6.45) is 0. The van der Waals surface area contributed by atoms with Gasteiger partial charge in [-0.1, -0.05) is 19.9 Å². The van der Waals surface area contributed by atoms with Crippen LogP contribution in [0.15, 0.2) is 24.3 Å². The minimum Gasteiger partial charge on any atom is -0.494 e. The number of aromatic nitrogens is 2. The molecule has 1 aromatic carbocycles. The maximum atomic E-state index is 5.70. The monoisotopic (exact) mass is 259 g/mol. The van der Waals surface area contributed by atoms with Gasteiger partial charge >= 0.3 is 0 Å². The normalized spacial score (nSPS) is 11.1. The summed E-state index contributed by atoms with van der Waals surface area (Å²) < 4.78 is 7.38. The quantitative estimate of drug-likeness (QED) is 0.918. The van der Waals surface area contributed by atoms with Crippen molar-refractivity contribution in [1.29, 1.82) is 0 Å². The van der Waals surface area contributed by atoms with E-state index in [1.807, 2.05) is 16.8 Å². The van der Waals surface area contributed by atoms with Crippen molar-refractivity contribution in [3.05, 3.63) is 41.2 Å². The Labute approximate surface area is 114 Å². The molecule has 0 radical (unpaired) electrons. The fraction of sp³-hybridized carbons (Fsp3) is 0.400. The Balaban J connectivity index is 2.63. The summed E-state index contributed by atoms with van der Waals surface area (Å²) in [5.41, 5.74) is 9.88. The summed E-state index contributed by atoms with van der Waals surface area (Å²) in [4.78, 5) is 0. The minimum absolute atomic E-state index is 0.373. The lowest BCUT2D eigenvalue weighted by Crippen LogP contribution is -2.06. The number of methoxy groups -OCH3 is 1. The molecule has 0 atom stereocenters. The van der Waals surface area contributed by atoms with Gasteiger partial charge in [0.25, 0.3) is 0 Å². The van der Waals surface area contributed by atoms with Crippen LogP contribution < -0.4 is 10.5 Å². The molecule has 0 saturated carbocycles. The van der Waals surface area contributed by atoms with Gasteiger partial charge in [-0.3, -0.25) is 0 Å². The number of benzene rings is 1. The molecule has 2 aromatic rings. The first-order valence-corrected chi connectivity index (χ1v) is 6.50. The van der Waals surface area contributed by atoms with Crippen LogP contribution in [0.1, 0.15) is 36.7 Å². The zero-order chi connectivity index (χ0) is 14.0. The minimum atomic E-state index is 0.373. The number of nitrogens with zero attached hydrogens (tertiary/aromatic N) is 2. The molecule has 0 unspecified atom stereocenters. The second kappa shape index (κ2) is 5.45. The van der Waals surface area contributed by atoms with Gasteiger partial charge in [0.2, 0.25) is 0 Å². The van der Waals surface area contributed by atoms with E-state index in [2.05, 4.69) is 38.0 Å².